The average molecular weight is 535 g/mol. The van der Waals surface area contributed by atoms with Gasteiger partial charge in [0.25, 0.3) is 11.6 Å². The zero-order valence-electron chi connectivity index (χ0n) is 20.0. The summed E-state index contributed by atoms with van der Waals surface area (Å²) in [6, 6.07) is 13.1. The number of nitro benzene ring substituents is 1. The molecule has 5 rings (SSSR count). The van der Waals surface area contributed by atoms with Gasteiger partial charge in [0.15, 0.2) is 5.84 Å². The van der Waals surface area contributed by atoms with E-state index in [1.54, 1.807) is 47.4 Å². The van der Waals surface area contributed by atoms with Gasteiger partial charge in [-0.1, -0.05) is 24.3 Å². The van der Waals surface area contributed by atoms with Crippen molar-refractivity contribution in [3.05, 3.63) is 75.3 Å². The standard InChI is InChI=1S/C25H22N6O6S/c26-23-19(13-16-5-7-18(8-6-16)37-15-17-3-1-2-4-20(17)31(34)35)24(33)27-25-30(23)28-21(38-25)14-22(32)29-9-11-36-12-10-29/h1-8,13,26H,9-12,14-15H2/b19-13-,26-23?. The second kappa shape index (κ2) is 10.9. The second-order valence-corrected chi connectivity index (χ2v) is 9.47. The molecule has 2 amide bonds. The van der Waals surface area contributed by atoms with Crippen LogP contribution in [0.1, 0.15) is 17.5 Å². The number of morpholine rings is 1. The predicted molar refractivity (Wildman–Crippen MR) is 141 cm³/mol. The van der Waals surface area contributed by atoms with E-state index in [1.165, 1.54) is 17.2 Å². The van der Waals surface area contributed by atoms with Gasteiger partial charge in [0.1, 0.15) is 17.4 Å². The summed E-state index contributed by atoms with van der Waals surface area (Å²) < 4.78 is 11.0. The quantitative estimate of drug-likeness (QED) is 0.323. The molecule has 1 saturated heterocycles. The number of nitro groups is 1. The fourth-order valence-corrected chi connectivity index (χ4v) is 4.83. The summed E-state index contributed by atoms with van der Waals surface area (Å²) in [5, 5.41) is 26.0. The summed E-state index contributed by atoms with van der Waals surface area (Å²) in [5.74, 6) is -0.289. The Morgan fingerprint density at radius 2 is 1.92 bits per heavy atom. The Balaban J connectivity index is 1.25. The Morgan fingerprint density at radius 1 is 1.18 bits per heavy atom. The number of fused-ring (bicyclic) bond motifs is 1. The van der Waals surface area contributed by atoms with Crippen molar-refractivity contribution >= 4 is 51.4 Å². The number of nitrogens with one attached hydrogen (secondary N) is 1. The lowest BCUT2D eigenvalue weighted by Crippen LogP contribution is -2.41. The lowest BCUT2D eigenvalue weighted by molar-refractivity contribution is -0.385. The molecule has 0 bridgehead atoms. The predicted octanol–water partition coefficient (Wildman–Crippen LogP) is 3.04. The molecule has 3 aliphatic heterocycles. The van der Waals surface area contributed by atoms with Crippen molar-refractivity contribution in [2.75, 3.05) is 26.3 Å². The van der Waals surface area contributed by atoms with Gasteiger partial charge in [-0.2, -0.15) is 15.1 Å². The lowest BCUT2D eigenvalue weighted by atomic mass is 10.1. The Bertz CT molecular complexity index is 1400. The maximum absolute atomic E-state index is 12.7. The number of thioether (sulfide) groups is 1. The first kappa shape index (κ1) is 25.3. The van der Waals surface area contributed by atoms with Crippen LogP contribution in [0.5, 0.6) is 5.75 Å². The monoisotopic (exact) mass is 534 g/mol. The number of amides is 2. The number of carbonyl (C=O) groups is 2. The van der Waals surface area contributed by atoms with Crippen LogP contribution in [-0.4, -0.2) is 69.0 Å². The fourth-order valence-electron chi connectivity index (χ4n) is 3.96. The summed E-state index contributed by atoms with van der Waals surface area (Å²) >= 11 is 1.11. The number of carbonyl (C=O) groups excluding carboxylic acids is 2. The molecule has 0 saturated carbocycles. The highest BCUT2D eigenvalue weighted by Crippen LogP contribution is 2.30. The van der Waals surface area contributed by atoms with Crippen molar-refractivity contribution in [3.63, 3.8) is 0 Å². The first-order valence-electron chi connectivity index (χ1n) is 11.7. The number of hydrogen-bond donors (Lipinski definition) is 1. The molecule has 1 fully saturated rings. The van der Waals surface area contributed by atoms with Gasteiger partial charge in [0.05, 0.1) is 35.7 Å². The first-order chi connectivity index (χ1) is 18.4. The zero-order valence-corrected chi connectivity index (χ0v) is 20.8. The molecule has 3 aliphatic rings. The molecule has 0 spiro atoms. The molecule has 0 atom stereocenters. The van der Waals surface area contributed by atoms with E-state index in [0.29, 0.717) is 48.2 Å². The van der Waals surface area contributed by atoms with Gasteiger partial charge in [-0.25, -0.2) is 0 Å². The summed E-state index contributed by atoms with van der Waals surface area (Å²) in [6.07, 6.45) is 1.60. The van der Waals surface area contributed by atoms with Crippen LogP contribution in [-0.2, 0) is 20.9 Å². The number of nitrogens with zero attached hydrogens (tertiary/aromatic N) is 5. The van der Waals surface area contributed by atoms with Crippen LogP contribution in [0.15, 0.2) is 64.2 Å². The molecule has 0 aliphatic carbocycles. The van der Waals surface area contributed by atoms with E-state index in [4.69, 9.17) is 14.9 Å². The maximum Gasteiger partial charge on any atom is 0.283 e. The second-order valence-electron chi connectivity index (χ2n) is 8.43. The number of benzene rings is 2. The largest absolute Gasteiger partial charge is 0.489 e. The number of ether oxygens (including phenoxy) is 2. The number of para-hydroxylation sites is 1. The zero-order chi connectivity index (χ0) is 26.6. The number of hydrazone groups is 1. The van der Waals surface area contributed by atoms with Crippen LogP contribution in [0.4, 0.5) is 5.69 Å². The molecular weight excluding hydrogens is 512 g/mol. The minimum atomic E-state index is -0.568. The normalized spacial score (nSPS) is 18.3. The third-order valence-corrected chi connectivity index (χ3v) is 6.84. The number of aliphatic imine (C=N–C) groups is 1. The average Bonchev–Trinajstić information content (AvgIpc) is 3.33. The highest BCUT2D eigenvalue weighted by molar-refractivity contribution is 8.27. The summed E-state index contributed by atoms with van der Waals surface area (Å²) in [7, 11) is 0. The highest BCUT2D eigenvalue weighted by atomic mass is 32.2. The fraction of sp³-hybridized carbons (Fsp3) is 0.240. The third kappa shape index (κ3) is 5.48. The van der Waals surface area contributed by atoms with Gasteiger partial charge in [-0.15, -0.1) is 0 Å². The molecule has 1 N–H and O–H groups in total. The molecule has 12 nitrogen and oxygen atoms in total. The van der Waals surface area contributed by atoms with Crippen LogP contribution < -0.4 is 4.74 Å². The summed E-state index contributed by atoms with van der Waals surface area (Å²) in [6.45, 7) is 2.08. The maximum atomic E-state index is 12.7. The molecule has 0 aromatic heterocycles. The van der Waals surface area contributed by atoms with Crippen LogP contribution in [0, 0.1) is 15.5 Å². The summed E-state index contributed by atoms with van der Waals surface area (Å²) in [5.41, 5.74) is 1.13. The lowest BCUT2D eigenvalue weighted by Gasteiger charge is -2.26. The summed E-state index contributed by atoms with van der Waals surface area (Å²) in [4.78, 5) is 41.7. The van der Waals surface area contributed by atoms with Crippen molar-refractivity contribution in [1.29, 1.82) is 5.41 Å². The molecule has 0 unspecified atom stereocenters. The molecule has 2 aromatic carbocycles. The van der Waals surface area contributed by atoms with E-state index in [2.05, 4.69) is 10.1 Å². The molecule has 13 heteroatoms. The van der Waals surface area contributed by atoms with Crippen molar-refractivity contribution in [1.82, 2.24) is 9.91 Å². The molecule has 194 valence electrons. The first-order valence-corrected chi connectivity index (χ1v) is 12.5. The third-order valence-electron chi connectivity index (χ3n) is 5.94. The van der Waals surface area contributed by atoms with E-state index in [0.717, 1.165) is 11.8 Å². The van der Waals surface area contributed by atoms with Gasteiger partial charge in [0.2, 0.25) is 11.1 Å². The van der Waals surface area contributed by atoms with E-state index >= 15 is 0 Å². The van der Waals surface area contributed by atoms with Crippen LogP contribution in [0.2, 0.25) is 0 Å². The SMILES string of the molecule is N=C1/C(=C/c2ccc(OCc3ccccc3[N+](=O)[O-])cc2)C(=O)N=C2SC(CC(=O)N3CCOCC3)=NN12. The van der Waals surface area contributed by atoms with Gasteiger partial charge in [-0.05, 0) is 41.6 Å². The Labute approximate surface area is 221 Å². The molecule has 2 aromatic rings. The minimum absolute atomic E-state index is 0.0144. The van der Waals surface area contributed by atoms with Crippen molar-refractivity contribution in [3.8, 4) is 5.75 Å². The molecular formula is C25H22N6O6S. The number of amidine groups is 2. The van der Waals surface area contributed by atoms with Crippen LogP contribution in [0.3, 0.4) is 0 Å². The Hall–Kier alpha value is -4.36. The smallest absolute Gasteiger partial charge is 0.283 e. The minimum Gasteiger partial charge on any atom is -0.489 e. The van der Waals surface area contributed by atoms with E-state index in [-0.39, 0.29) is 41.2 Å². The van der Waals surface area contributed by atoms with Gasteiger partial charge in [0, 0.05) is 19.2 Å². The van der Waals surface area contributed by atoms with E-state index < -0.39 is 10.8 Å². The van der Waals surface area contributed by atoms with E-state index in [9.17, 15) is 19.7 Å². The van der Waals surface area contributed by atoms with Gasteiger partial charge >= 0.3 is 0 Å². The van der Waals surface area contributed by atoms with Gasteiger partial charge in [-0.3, -0.25) is 25.1 Å². The van der Waals surface area contributed by atoms with Gasteiger partial charge < -0.3 is 14.4 Å². The molecule has 0 radical (unpaired) electrons. The van der Waals surface area contributed by atoms with Crippen LogP contribution >= 0.6 is 11.8 Å². The van der Waals surface area contributed by atoms with Crippen molar-refractivity contribution in [2.45, 2.75) is 13.0 Å². The topological polar surface area (TPSA) is 151 Å². The Kier molecular flexibility index (Phi) is 7.29. The number of rotatable bonds is 7. The van der Waals surface area contributed by atoms with Crippen molar-refractivity contribution < 1.29 is 24.0 Å². The molecule has 38 heavy (non-hydrogen) atoms. The van der Waals surface area contributed by atoms with E-state index in [1.807, 2.05) is 0 Å². The molecule has 3 heterocycles. The number of hydrogen-bond acceptors (Lipinski definition) is 9. The highest BCUT2D eigenvalue weighted by Gasteiger charge is 2.36. The van der Waals surface area contributed by atoms with Crippen molar-refractivity contribution in [2.24, 2.45) is 10.1 Å². The van der Waals surface area contributed by atoms with Crippen LogP contribution in [0.25, 0.3) is 6.08 Å². The Morgan fingerprint density at radius 3 is 2.66 bits per heavy atom.